The third-order valence-electron chi connectivity index (χ3n) is 5.24. The monoisotopic (exact) mass is 420 g/mol. The number of aromatic amines is 1. The van der Waals surface area contributed by atoms with Crippen LogP contribution in [0.25, 0.3) is 11.0 Å². The molecule has 1 atom stereocenters. The lowest BCUT2D eigenvalue weighted by atomic mass is 10.2. The van der Waals surface area contributed by atoms with Crippen molar-refractivity contribution in [2.75, 3.05) is 39.0 Å². The van der Waals surface area contributed by atoms with Crippen LogP contribution in [0.1, 0.15) is 12.0 Å². The Morgan fingerprint density at radius 1 is 1.32 bits per heavy atom. The molecule has 0 unspecified atom stereocenters. The molecule has 8 heteroatoms. The van der Waals surface area contributed by atoms with Crippen LogP contribution < -0.4 is 10.1 Å². The topological polar surface area (TPSA) is 86.4 Å². The number of anilines is 1. The summed E-state index contributed by atoms with van der Waals surface area (Å²) in [5.74, 6) is 2.17. The summed E-state index contributed by atoms with van der Waals surface area (Å²) in [6, 6.07) is 9.87. The Morgan fingerprint density at radius 3 is 2.90 bits per heavy atom. The number of H-pyrrole nitrogens is 1. The number of rotatable bonds is 7. The molecular weight excluding hydrogens is 392 g/mol. The number of likely N-dealkylation sites (tertiary alicyclic amines) is 1. The van der Waals surface area contributed by atoms with E-state index in [9.17, 15) is 4.79 Å². The highest BCUT2D eigenvalue weighted by molar-refractivity contribution is 5.93. The fourth-order valence-corrected chi connectivity index (χ4v) is 3.59. The smallest absolute Gasteiger partial charge is 0.246 e. The Kier molecular flexibility index (Phi) is 6.18. The molecule has 2 aromatic heterocycles. The van der Waals surface area contributed by atoms with Crippen LogP contribution in [0.5, 0.6) is 11.5 Å². The van der Waals surface area contributed by atoms with Crippen LogP contribution in [-0.2, 0) is 4.79 Å². The van der Waals surface area contributed by atoms with Gasteiger partial charge in [-0.15, -0.1) is 0 Å². The first kappa shape index (κ1) is 20.9. The minimum absolute atomic E-state index is 0.0445. The van der Waals surface area contributed by atoms with Crippen LogP contribution in [0, 0.1) is 6.92 Å². The Bertz CT molecular complexity index is 1070. The maximum Gasteiger partial charge on any atom is 0.246 e. The van der Waals surface area contributed by atoms with Gasteiger partial charge in [-0.2, -0.15) is 5.10 Å². The number of hydrogen-bond donors (Lipinski definition) is 2. The number of aryl methyl sites for hydroxylation is 1. The van der Waals surface area contributed by atoms with Crippen molar-refractivity contribution in [3.05, 3.63) is 54.2 Å². The molecule has 1 aliphatic rings. The zero-order chi connectivity index (χ0) is 21.8. The fraction of sp³-hybridized carbons (Fsp3) is 0.348. The largest absolute Gasteiger partial charge is 0.456 e. The lowest BCUT2D eigenvalue weighted by molar-refractivity contribution is -0.125. The fourth-order valence-electron chi connectivity index (χ4n) is 3.59. The summed E-state index contributed by atoms with van der Waals surface area (Å²) in [5.41, 5.74) is 1.83. The van der Waals surface area contributed by atoms with E-state index in [-0.39, 0.29) is 11.9 Å². The zero-order valence-electron chi connectivity index (χ0n) is 18.1. The molecule has 0 aliphatic carbocycles. The van der Waals surface area contributed by atoms with Crippen LogP contribution in [-0.4, -0.2) is 70.7 Å². The molecule has 8 nitrogen and oxygen atoms in total. The highest BCUT2D eigenvalue weighted by Crippen LogP contribution is 2.33. The van der Waals surface area contributed by atoms with Crippen molar-refractivity contribution in [1.29, 1.82) is 0 Å². The highest BCUT2D eigenvalue weighted by Gasteiger charge is 2.26. The summed E-state index contributed by atoms with van der Waals surface area (Å²) in [4.78, 5) is 20.7. The van der Waals surface area contributed by atoms with Gasteiger partial charge < -0.3 is 19.9 Å². The number of ether oxygens (including phenoxy) is 1. The van der Waals surface area contributed by atoms with Crippen LogP contribution in [0.4, 0.5) is 5.82 Å². The molecule has 1 amide bonds. The molecule has 4 rings (SSSR count). The Hall–Kier alpha value is -3.39. The van der Waals surface area contributed by atoms with E-state index >= 15 is 0 Å². The van der Waals surface area contributed by atoms with E-state index in [1.54, 1.807) is 12.3 Å². The average Bonchev–Trinajstić information content (AvgIpc) is 3.38. The first-order valence-electron chi connectivity index (χ1n) is 10.4. The van der Waals surface area contributed by atoms with E-state index in [1.807, 2.05) is 67.2 Å². The number of carbonyl (C=O) groups is 1. The third kappa shape index (κ3) is 5.03. The van der Waals surface area contributed by atoms with Crippen LogP contribution in [0.3, 0.4) is 0 Å². The maximum absolute atomic E-state index is 12.4. The molecule has 2 N–H and O–H groups in total. The Morgan fingerprint density at radius 2 is 2.13 bits per heavy atom. The molecule has 0 bridgehead atoms. The summed E-state index contributed by atoms with van der Waals surface area (Å²) < 4.78 is 6.12. The summed E-state index contributed by atoms with van der Waals surface area (Å²) >= 11 is 0. The molecule has 1 aromatic carbocycles. The number of carbonyl (C=O) groups excluding carboxylic acids is 1. The SMILES string of the molecule is Cc1ccc(Oc2ccnc3[nH]nc(N[C@@H]4CCN(C(=O)/C=C/CN(C)C)C4)c23)cc1. The van der Waals surface area contributed by atoms with E-state index in [1.165, 1.54) is 5.56 Å². The van der Waals surface area contributed by atoms with Gasteiger partial charge in [0.15, 0.2) is 11.5 Å². The summed E-state index contributed by atoms with van der Waals surface area (Å²) in [5, 5.41) is 11.7. The molecule has 162 valence electrons. The Labute approximate surface area is 181 Å². The number of nitrogens with zero attached hydrogens (tertiary/aromatic N) is 4. The number of aromatic nitrogens is 3. The second kappa shape index (κ2) is 9.18. The minimum Gasteiger partial charge on any atom is -0.456 e. The number of pyridine rings is 1. The van der Waals surface area contributed by atoms with Gasteiger partial charge in [0.25, 0.3) is 0 Å². The molecular formula is C23H28N6O2. The lowest BCUT2D eigenvalue weighted by Gasteiger charge is -2.16. The van der Waals surface area contributed by atoms with Gasteiger partial charge in [0.05, 0.1) is 0 Å². The van der Waals surface area contributed by atoms with E-state index < -0.39 is 0 Å². The van der Waals surface area contributed by atoms with E-state index in [0.29, 0.717) is 23.8 Å². The number of nitrogens with one attached hydrogen (secondary N) is 2. The van der Waals surface area contributed by atoms with E-state index in [4.69, 9.17) is 4.74 Å². The molecule has 3 heterocycles. The average molecular weight is 421 g/mol. The second-order valence-electron chi connectivity index (χ2n) is 8.10. The molecule has 0 saturated carbocycles. The molecule has 3 aromatic rings. The first-order chi connectivity index (χ1) is 15.0. The second-order valence-corrected chi connectivity index (χ2v) is 8.10. The van der Waals surface area contributed by atoms with Gasteiger partial charge >= 0.3 is 0 Å². The standard InChI is InChI=1S/C23H28N6O2/c1-16-6-8-18(9-7-16)31-19-10-12-24-22-21(19)23(27-26-22)25-17-11-14-29(15-17)20(30)5-4-13-28(2)3/h4-10,12,17H,11,13-15H2,1-3H3,(H2,24,25,26,27)/b5-4+/t17-/m1/s1. The van der Waals surface area contributed by atoms with E-state index in [0.717, 1.165) is 30.6 Å². The van der Waals surface area contributed by atoms with Gasteiger partial charge in [0.2, 0.25) is 5.91 Å². The van der Waals surface area contributed by atoms with Crippen molar-refractivity contribution in [3.63, 3.8) is 0 Å². The van der Waals surface area contributed by atoms with Crippen molar-refractivity contribution in [2.45, 2.75) is 19.4 Å². The van der Waals surface area contributed by atoms with Gasteiger partial charge in [0.1, 0.15) is 16.9 Å². The normalized spacial score (nSPS) is 16.5. The molecule has 31 heavy (non-hydrogen) atoms. The van der Waals surface area contributed by atoms with Crippen LogP contribution >= 0.6 is 0 Å². The van der Waals surface area contributed by atoms with Crippen LogP contribution in [0.15, 0.2) is 48.7 Å². The maximum atomic E-state index is 12.4. The minimum atomic E-state index is 0.0445. The van der Waals surface area contributed by atoms with Crippen molar-refractivity contribution < 1.29 is 9.53 Å². The van der Waals surface area contributed by atoms with Gasteiger partial charge in [-0.1, -0.05) is 23.8 Å². The predicted octanol–water partition coefficient (Wildman–Crippen LogP) is 3.19. The first-order valence-corrected chi connectivity index (χ1v) is 10.4. The van der Waals surface area contributed by atoms with Crippen LogP contribution in [0.2, 0.25) is 0 Å². The number of benzene rings is 1. The molecule has 0 radical (unpaired) electrons. The van der Waals surface area contributed by atoms with Crippen molar-refractivity contribution >= 4 is 22.8 Å². The third-order valence-corrected chi connectivity index (χ3v) is 5.24. The number of likely N-dealkylation sites (N-methyl/N-ethyl adjacent to an activating group) is 1. The van der Waals surface area contributed by atoms with Gasteiger partial charge in [-0.25, -0.2) is 4.98 Å². The van der Waals surface area contributed by atoms with Crippen molar-refractivity contribution in [2.24, 2.45) is 0 Å². The van der Waals surface area contributed by atoms with Crippen molar-refractivity contribution in [3.8, 4) is 11.5 Å². The number of fused-ring (bicyclic) bond motifs is 1. The highest BCUT2D eigenvalue weighted by atomic mass is 16.5. The lowest BCUT2D eigenvalue weighted by Crippen LogP contribution is -2.30. The Balaban J connectivity index is 1.46. The zero-order valence-corrected chi connectivity index (χ0v) is 18.1. The summed E-state index contributed by atoms with van der Waals surface area (Å²) in [6.07, 6.45) is 6.11. The molecule has 1 fully saturated rings. The molecule has 1 saturated heterocycles. The number of amides is 1. The molecule has 1 aliphatic heterocycles. The number of hydrogen-bond acceptors (Lipinski definition) is 6. The quantitative estimate of drug-likeness (QED) is 0.571. The van der Waals surface area contributed by atoms with Gasteiger partial charge in [-0.05, 0) is 39.6 Å². The van der Waals surface area contributed by atoms with Gasteiger partial charge in [0, 0.05) is 44.0 Å². The van der Waals surface area contributed by atoms with Gasteiger partial charge in [-0.3, -0.25) is 9.89 Å². The van der Waals surface area contributed by atoms with Crippen molar-refractivity contribution in [1.82, 2.24) is 25.0 Å². The summed E-state index contributed by atoms with van der Waals surface area (Å²) in [7, 11) is 3.95. The summed E-state index contributed by atoms with van der Waals surface area (Å²) in [6.45, 7) is 4.14. The molecule has 0 spiro atoms. The van der Waals surface area contributed by atoms with E-state index in [2.05, 4.69) is 20.5 Å². The predicted molar refractivity (Wildman–Crippen MR) is 121 cm³/mol.